The summed E-state index contributed by atoms with van der Waals surface area (Å²) >= 11 is 0. The zero-order chi connectivity index (χ0) is 12.7. The van der Waals surface area contributed by atoms with Crippen molar-refractivity contribution in [3.8, 4) is 0 Å². The van der Waals surface area contributed by atoms with Crippen molar-refractivity contribution in [2.75, 3.05) is 13.6 Å². The van der Waals surface area contributed by atoms with Crippen molar-refractivity contribution in [2.24, 2.45) is 5.73 Å². The number of hydrogen-bond donors (Lipinski definition) is 1. The average molecular weight is 235 g/mol. The van der Waals surface area contributed by atoms with Crippen LogP contribution in [0.15, 0.2) is 24.4 Å². The quantitative estimate of drug-likeness (QED) is 0.806. The van der Waals surface area contributed by atoms with Crippen LogP contribution in [0.5, 0.6) is 0 Å². The van der Waals surface area contributed by atoms with Crippen molar-refractivity contribution in [3.63, 3.8) is 0 Å². The fraction of sp³-hybridized carbons (Fsp3) is 0.538. The van der Waals surface area contributed by atoms with Gasteiger partial charge in [0, 0.05) is 31.9 Å². The first kappa shape index (κ1) is 13.6. The molecule has 0 saturated carbocycles. The Labute approximate surface area is 103 Å². The molecular weight excluding hydrogens is 214 g/mol. The molecule has 0 aliphatic heterocycles. The van der Waals surface area contributed by atoms with Crippen molar-refractivity contribution in [1.82, 2.24) is 9.88 Å². The first-order valence-corrected chi connectivity index (χ1v) is 6.05. The van der Waals surface area contributed by atoms with E-state index in [9.17, 15) is 4.79 Å². The van der Waals surface area contributed by atoms with E-state index in [1.807, 2.05) is 25.1 Å². The Balaban J connectivity index is 2.39. The lowest BCUT2D eigenvalue weighted by molar-refractivity contribution is -0.131. The fourth-order valence-corrected chi connectivity index (χ4v) is 1.66. The molecule has 1 aromatic heterocycles. The second kappa shape index (κ2) is 7.01. The van der Waals surface area contributed by atoms with Gasteiger partial charge in [-0.15, -0.1) is 0 Å². The van der Waals surface area contributed by atoms with Gasteiger partial charge in [0.05, 0.1) is 6.04 Å². The minimum Gasteiger partial charge on any atom is -0.344 e. The number of carbonyl (C=O) groups excluding carboxylic acids is 1. The van der Waals surface area contributed by atoms with Crippen molar-refractivity contribution in [2.45, 2.75) is 32.2 Å². The Morgan fingerprint density at radius 3 is 2.88 bits per heavy atom. The number of aromatic nitrogens is 1. The highest BCUT2D eigenvalue weighted by molar-refractivity contribution is 5.81. The summed E-state index contributed by atoms with van der Waals surface area (Å²) in [5.74, 6) is 0.0165. The van der Waals surface area contributed by atoms with Crippen LogP contribution in [-0.4, -0.2) is 35.4 Å². The number of amides is 1. The highest BCUT2D eigenvalue weighted by Crippen LogP contribution is 2.01. The van der Waals surface area contributed by atoms with Crippen LogP contribution in [0.3, 0.4) is 0 Å². The van der Waals surface area contributed by atoms with Gasteiger partial charge in [0.1, 0.15) is 0 Å². The zero-order valence-electron chi connectivity index (χ0n) is 10.6. The molecule has 1 amide bonds. The van der Waals surface area contributed by atoms with Gasteiger partial charge in [-0.3, -0.25) is 9.78 Å². The summed E-state index contributed by atoms with van der Waals surface area (Å²) in [6.45, 7) is 2.69. The summed E-state index contributed by atoms with van der Waals surface area (Å²) in [5, 5.41) is 0. The Kier molecular flexibility index (Phi) is 5.63. The highest BCUT2D eigenvalue weighted by atomic mass is 16.2. The molecule has 1 atom stereocenters. The molecule has 0 bridgehead atoms. The van der Waals surface area contributed by atoms with Gasteiger partial charge in [-0.1, -0.05) is 19.4 Å². The third-order valence-corrected chi connectivity index (χ3v) is 2.72. The third-order valence-electron chi connectivity index (χ3n) is 2.72. The van der Waals surface area contributed by atoms with E-state index < -0.39 is 0 Å². The Morgan fingerprint density at radius 1 is 1.53 bits per heavy atom. The van der Waals surface area contributed by atoms with E-state index in [-0.39, 0.29) is 11.9 Å². The maximum Gasteiger partial charge on any atom is 0.239 e. The molecule has 1 heterocycles. The van der Waals surface area contributed by atoms with Gasteiger partial charge in [-0.2, -0.15) is 0 Å². The summed E-state index contributed by atoms with van der Waals surface area (Å²) in [6.07, 6.45) is 4.20. The standard InChI is InChI=1S/C13H21N3O/c1-3-6-12(14)13(17)16(2)10-8-11-7-4-5-9-15-11/h4-5,7,9,12H,3,6,8,10,14H2,1-2H3/t12-/m1/s1. The van der Waals surface area contributed by atoms with Gasteiger partial charge in [0.15, 0.2) is 0 Å². The number of rotatable bonds is 6. The summed E-state index contributed by atoms with van der Waals surface area (Å²) in [5.41, 5.74) is 6.79. The summed E-state index contributed by atoms with van der Waals surface area (Å²) in [4.78, 5) is 17.7. The van der Waals surface area contributed by atoms with E-state index in [4.69, 9.17) is 5.73 Å². The van der Waals surface area contributed by atoms with Crippen LogP contribution < -0.4 is 5.73 Å². The molecule has 0 unspecified atom stereocenters. The van der Waals surface area contributed by atoms with Gasteiger partial charge in [-0.25, -0.2) is 0 Å². The van der Waals surface area contributed by atoms with Crippen molar-refractivity contribution in [3.05, 3.63) is 30.1 Å². The van der Waals surface area contributed by atoms with Crippen LogP contribution in [0.25, 0.3) is 0 Å². The lowest BCUT2D eigenvalue weighted by Crippen LogP contribution is -2.42. The number of hydrogen-bond acceptors (Lipinski definition) is 3. The van der Waals surface area contributed by atoms with E-state index in [1.54, 1.807) is 18.1 Å². The molecule has 0 fully saturated rings. The normalized spacial score (nSPS) is 12.2. The van der Waals surface area contributed by atoms with Gasteiger partial charge in [0.2, 0.25) is 5.91 Å². The second-order valence-electron chi connectivity index (χ2n) is 4.23. The third kappa shape index (κ3) is 4.53. The van der Waals surface area contributed by atoms with E-state index in [1.165, 1.54) is 0 Å². The van der Waals surface area contributed by atoms with Gasteiger partial charge in [-0.05, 0) is 18.6 Å². The topological polar surface area (TPSA) is 59.2 Å². The van der Waals surface area contributed by atoms with Gasteiger partial charge in [0.25, 0.3) is 0 Å². The summed E-state index contributed by atoms with van der Waals surface area (Å²) < 4.78 is 0. The molecular formula is C13H21N3O. The molecule has 0 saturated heterocycles. The van der Waals surface area contributed by atoms with Gasteiger partial charge < -0.3 is 10.6 Å². The van der Waals surface area contributed by atoms with E-state index in [2.05, 4.69) is 4.98 Å². The smallest absolute Gasteiger partial charge is 0.239 e. The van der Waals surface area contributed by atoms with Gasteiger partial charge >= 0.3 is 0 Å². The second-order valence-corrected chi connectivity index (χ2v) is 4.23. The maximum atomic E-state index is 11.8. The van der Waals surface area contributed by atoms with Crippen LogP contribution in [0.4, 0.5) is 0 Å². The largest absolute Gasteiger partial charge is 0.344 e. The molecule has 94 valence electrons. The number of nitrogens with two attached hydrogens (primary N) is 1. The molecule has 2 N–H and O–H groups in total. The molecule has 4 nitrogen and oxygen atoms in total. The molecule has 0 aliphatic rings. The first-order chi connectivity index (χ1) is 8.15. The summed E-state index contributed by atoms with van der Waals surface area (Å²) in [6, 6.07) is 5.43. The lowest BCUT2D eigenvalue weighted by atomic mass is 10.1. The number of carbonyl (C=O) groups is 1. The van der Waals surface area contributed by atoms with Crippen LogP contribution in [0.2, 0.25) is 0 Å². The summed E-state index contributed by atoms with van der Waals surface area (Å²) in [7, 11) is 1.79. The molecule has 0 radical (unpaired) electrons. The first-order valence-electron chi connectivity index (χ1n) is 6.05. The molecule has 0 aromatic carbocycles. The van der Waals surface area contributed by atoms with Crippen molar-refractivity contribution >= 4 is 5.91 Å². The van der Waals surface area contributed by atoms with E-state index >= 15 is 0 Å². The number of likely N-dealkylation sites (N-methyl/N-ethyl adjacent to an activating group) is 1. The molecule has 0 spiro atoms. The predicted octanol–water partition coefficient (Wildman–Crippen LogP) is 1.21. The fourth-order valence-electron chi connectivity index (χ4n) is 1.66. The predicted molar refractivity (Wildman–Crippen MR) is 68.5 cm³/mol. The van der Waals surface area contributed by atoms with Crippen molar-refractivity contribution < 1.29 is 4.79 Å². The minimum atomic E-state index is -0.367. The van der Waals surface area contributed by atoms with E-state index in [0.29, 0.717) is 6.54 Å². The molecule has 0 aliphatic carbocycles. The van der Waals surface area contributed by atoms with Crippen LogP contribution >= 0.6 is 0 Å². The molecule has 1 rings (SSSR count). The molecule has 1 aromatic rings. The average Bonchev–Trinajstić information content (AvgIpc) is 2.36. The zero-order valence-corrected chi connectivity index (χ0v) is 10.6. The van der Waals surface area contributed by atoms with Crippen LogP contribution in [0, 0.1) is 0 Å². The number of pyridine rings is 1. The Hall–Kier alpha value is -1.42. The number of nitrogens with zero attached hydrogens (tertiary/aromatic N) is 2. The van der Waals surface area contributed by atoms with E-state index in [0.717, 1.165) is 25.0 Å². The molecule has 4 heteroatoms. The molecule has 17 heavy (non-hydrogen) atoms. The lowest BCUT2D eigenvalue weighted by Gasteiger charge is -2.20. The minimum absolute atomic E-state index is 0.0165. The monoisotopic (exact) mass is 235 g/mol. The maximum absolute atomic E-state index is 11.8. The Morgan fingerprint density at radius 2 is 2.29 bits per heavy atom. The highest BCUT2D eigenvalue weighted by Gasteiger charge is 2.16. The van der Waals surface area contributed by atoms with Crippen molar-refractivity contribution in [1.29, 1.82) is 0 Å². The van der Waals surface area contributed by atoms with Crippen LogP contribution in [0.1, 0.15) is 25.5 Å². The Bertz CT molecular complexity index is 340. The SMILES string of the molecule is CCC[C@@H](N)C(=O)N(C)CCc1ccccn1. The van der Waals surface area contributed by atoms with Crippen LogP contribution in [-0.2, 0) is 11.2 Å².